The van der Waals surface area contributed by atoms with Crippen LogP contribution in [0.3, 0.4) is 0 Å². The molecule has 1 atom stereocenters. The lowest BCUT2D eigenvalue weighted by Crippen LogP contribution is -2.28. The summed E-state index contributed by atoms with van der Waals surface area (Å²) in [5.41, 5.74) is 2.28. The first-order valence-corrected chi connectivity index (χ1v) is 12.4. The van der Waals surface area contributed by atoms with E-state index in [2.05, 4.69) is 29.6 Å². The second-order valence-electron chi connectivity index (χ2n) is 9.13. The quantitative estimate of drug-likeness (QED) is 0.268. The third-order valence-electron chi connectivity index (χ3n) is 6.54. The Balaban J connectivity index is 1.55. The SMILES string of the molecule is COc1cc(C(CC(=O)NCCC(c2ccccc2)c2ccccc2)c2oc(C)cc(=O)c2O)ccc1O. The number of phenolic OH excluding ortho intramolecular Hbond substituents is 1. The van der Waals surface area contributed by atoms with Crippen LogP contribution in [-0.2, 0) is 4.79 Å². The Labute approximate surface area is 221 Å². The molecule has 1 heterocycles. The highest BCUT2D eigenvalue weighted by Crippen LogP contribution is 2.37. The van der Waals surface area contributed by atoms with Gasteiger partial charge in [0.05, 0.1) is 13.0 Å². The van der Waals surface area contributed by atoms with E-state index in [9.17, 15) is 19.8 Å². The van der Waals surface area contributed by atoms with Gasteiger partial charge in [0.1, 0.15) is 5.76 Å². The van der Waals surface area contributed by atoms with Gasteiger partial charge in [-0.1, -0.05) is 66.7 Å². The molecule has 38 heavy (non-hydrogen) atoms. The van der Waals surface area contributed by atoms with E-state index in [-0.39, 0.29) is 35.5 Å². The van der Waals surface area contributed by atoms with Crippen molar-refractivity contribution in [2.75, 3.05) is 13.7 Å². The van der Waals surface area contributed by atoms with Crippen LogP contribution in [0.15, 0.2) is 94.1 Å². The molecule has 0 spiro atoms. The fourth-order valence-corrected chi connectivity index (χ4v) is 4.64. The Bertz CT molecular complexity index is 1390. The summed E-state index contributed by atoms with van der Waals surface area (Å²) in [6.45, 7) is 2.02. The standard InChI is InChI=1S/C31H31NO6/c1-20-17-27(34)30(36)31(38-20)25(23-13-14-26(33)28(18-23)37-2)19-29(35)32-16-15-24(21-9-5-3-6-10-21)22-11-7-4-8-12-22/h3-14,17-18,24-25,33,36H,15-16,19H2,1-2H3,(H,32,35). The molecule has 0 radical (unpaired) electrons. The highest BCUT2D eigenvalue weighted by Gasteiger charge is 2.27. The first-order chi connectivity index (χ1) is 18.4. The van der Waals surface area contributed by atoms with Crippen LogP contribution in [0.25, 0.3) is 0 Å². The minimum Gasteiger partial charge on any atom is -0.504 e. The molecule has 0 aliphatic rings. The van der Waals surface area contributed by atoms with Gasteiger partial charge >= 0.3 is 0 Å². The molecular weight excluding hydrogens is 482 g/mol. The van der Waals surface area contributed by atoms with Crippen LogP contribution in [0.5, 0.6) is 17.2 Å². The molecule has 0 fully saturated rings. The number of hydrogen-bond donors (Lipinski definition) is 3. The molecule has 0 bridgehead atoms. The maximum absolute atomic E-state index is 13.2. The van der Waals surface area contributed by atoms with Crippen molar-refractivity contribution in [3.8, 4) is 17.2 Å². The summed E-state index contributed by atoms with van der Waals surface area (Å²) in [6, 6.07) is 26.1. The van der Waals surface area contributed by atoms with Crippen LogP contribution in [0, 0.1) is 6.92 Å². The third-order valence-corrected chi connectivity index (χ3v) is 6.54. The van der Waals surface area contributed by atoms with E-state index in [1.165, 1.54) is 19.2 Å². The van der Waals surface area contributed by atoms with Gasteiger partial charge in [-0.3, -0.25) is 9.59 Å². The fourth-order valence-electron chi connectivity index (χ4n) is 4.64. The third kappa shape index (κ3) is 6.24. The van der Waals surface area contributed by atoms with Crippen molar-refractivity contribution in [1.82, 2.24) is 5.32 Å². The van der Waals surface area contributed by atoms with E-state index in [1.807, 2.05) is 36.4 Å². The van der Waals surface area contributed by atoms with Gasteiger partial charge in [0.15, 0.2) is 17.3 Å². The van der Waals surface area contributed by atoms with Gasteiger partial charge in [0, 0.05) is 24.9 Å². The molecule has 7 heteroatoms. The molecule has 1 unspecified atom stereocenters. The molecule has 0 aliphatic carbocycles. The van der Waals surface area contributed by atoms with Crippen molar-refractivity contribution in [3.05, 3.63) is 123 Å². The smallest absolute Gasteiger partial charge is 0.227 e. The first kappa shape index (κ1) is 26.5. The van der Waals surface area contributed by atoms with Crippen molar-refractivity contribution in [2.24, 2.45) is 0 Å². The zero-order valence-corrected chi connectivity index (χ0v) is 21.4. The molecular formula is C31H31NO6. The van der Waals surface area contributed by atoms with E-state index >= 15 is 0 Å². The van der Waals surface area contributed by atoms with Crippen LogP contribution in [-0.4, -0.2) is 29.8 Å². The van der Waals surface area contributed by atoms with Gasteiger partial charge in [-0.05, 0) is 42.2 Å². The molecule has 3 aromatic carbocycles. The summed E-state index contributed by atoms with van der Waals surface area (Å²) in [5, 5.41) is 23.6. The number of methoxy groups -OCH3 is 1. The average Bonchev–Trinajstić information content (AvgIpc) is 2.93. The molecule has 196 valence electrons. The minimum absolute atomic E-state index is 0.00987. The molecule has 0 saturated carbocycles. The highest BCUT2D eigenvalue weighted by atomic mass is 16.5. The normalized spacial score (nSPS) is 11.8. The monoisotopic (exact) mass is 513 g/mol. The van der Waals surface area contributed by atoms with Gasteiger partial charge in [0.25, 0.3) is 0 Å². The van der Waals surface area contributed by atoms with Gasteiger partial charge in [0.2, 0.25) is 17.1 Å². The molecule has 4 rings (SSSR count). The summed E-state index contributed by atoms with van der Waals surface area (Å²) in [5.74, 6) is -1.06. The number of phenols is 1. The van der Waals surface area contributed by atoms with Gasteiger partial charge in [-0.25, -0.2) is 0 Å². The van der Waals surface area contributed by atoms with Crippen molar-refractivity contribution in [1.29, 1.82) is 0 Å². The van der Waals surface area contributed by atoms with Crippen LogP contribution in [0.2, 0.25) is 0 Å². The second kappa shape index (κ2) is 12.1. The number of carbonyl (C=O) groups excluding carboxylic acids is 1. The lowest BCUT2D eigenvalue weighted by molar-refractivity contribution is -0.121. The maximum Gasteiger partial charge on any atom is 0.227 e. The van der Waals surface area contributed by atoms with Crippen molar-refractivity contribution < 1.29 is 24.2 Å². The van der Waals surface area contributed by atoms with Crippen LogP contribution in [0.1, 0.15) is 52.9 Å². The second-order valence-corrected chi connectivity index (χ2v) is 9.13. The fraction of sp³-hybridized carbons (Fsp3) is 0.226. The zero-order valence-electron chi connectivity index (χ0n) is 21.4. The van der Waals surface area contributed by atoms with E-state index in [4.69, 9.17) is 9.15 Å². The van der Waals surface area contributed by atoms with Gasteiger partial charge in [-0.2, -0.15) is 0 Å². The molecule has 0 aliphatic heterocycles. The predicted octanol–water partition coefficient (Wildman–Crippen LogP) is 5.23. The van der Waals surface area contributed by atoms with Gasteiger partial charge < -0.3 is 24.7 Å². The summed E-state index contributed by atoms with van der Waals surface area (Å²) < 4.78 is 11.0. The number of rotatable bonds is 10. The van der Waals surface area contributed by atoms with E-state index in [1.54, 1.807) is 19.1 Å². The highest BCUT2D eigenvalue weighted by molar-refractivity contribution is 5.77. The minimum atomic E-state index is -0.781. The number of amides is 1. The van der Waals surface area contributed by atoms with Gasteiger partial charge in [-0.15, -0.1) is 0 Å². The van der Waals surface area contributed by atoms with Crippen molar-refractivity contribution in [3.63, 3.8) is 0 Å². The number of aryl methyl sites for hydroxylation is 1. The molecule has 1 amide bonds. The zero-order chi connectivity index (χ0) is 27.1. The number of carbonyl (C=O) groups is 1. The number of nitrogens with one attached hydrogen (secondary N) is 1. The molecule has 0 saturated heterocycles. The Morgan fingerprint density at radius 2 is 1.53 bits per heavy atom. The topological polar surface area (TPSA) is 109 Å². The van der Waals surface area contributed by atoms with E-state index in [0.29, 0.717) is 24.3 Å². The molecule has 7 nitrogen and oxygen atoms in total. The summed E-state index contributed by atoms with van der Waals surface area (Å²) in [6.07, 6.45) is 0.595. The summed E-state index contributed by atoms with van der Waals surface area (Å²) >= 11 is 0. The van der Waals surface area contributed by atoms with E-state index < -0.39 is 17.1 Å². The Kier molecular flexibility index (Phi) is 8.48. The van der Waals surface area contributed by atoms with Crippen LogP contribution >= 0.6 is 0 Å². The Morgan fingerprint density at radius 1 is 0.895 bits per heavy atom. The molecule has 3 N–H and O–H groups in total. The van der Waals surface area contributed by atoms with Crippen molar-refractivity contribution >= 4 is 5.91 Å². The van der Waals surface area contributed by atoms with Crippen LogP contribution in [0.4, 0.5) is 0 Å². The Morgan fingerprint density at radius 3 is 2.13 bits per heavy atom. The first-order valence-electron chi connectivity index (χ1n) is 12.4. The lowest BCUT2D eigenvalue weighted by Gasteiger charge is -2.20. The lowest BCUT2D eigenvalue weighted by atomic mass is 9.88. The summed E-state index contributed by atoms with van der Waals surface area (Å²) in [7, 11) is 1.42. The number of benzene rings is 3. The van der Waals surface area contributed by atoms with Crippen LogP contribution < -0.4 is 15.5 Å². The predicted molar refractivity (Wildman–Crippen MR) is 145 cm³/mol. The van der Waals surface area contributed by atoms with Crippen molar-refractivity contribution in [2.45, 2.75) is 31.6 Å². The number of ether oxygens (including phenoxy) is 1. The maximum atomic E-state index is 13.2. The number of aromatic hydroxyl groups is 2. The average molecular weight is 514 g/mol. The molecule has 1 aromatic heterocycles. The van der Waals surface area contributed by atoms with E-state index in [0.717, 1.165) is 11.1 Å². The number of hydrogen-bond acceptors (Lipinski definition) is 6. The molecule has 4 aromatic rings. The Hall–Kier alpha value is -4.52. The largest absolute Gasteiger partial charge is 0.504 e. The summed E-state index contributed by atoms with van der Waals surface area (Å²) in [4.78, 5) is 25.5.